The van der Waals surface area contributed by atoms with Crippen LogP contribution < -0.4 is 9.64 Å². The molecule has 0 aromatic carbocycles. The van der Waals surface area contributed by atoms with Gasteiger partial charge in [-0.15, -0.1) is 0 Å². The Balaban J connectivity index is 2.01. The summed E-state index contributed by atoms with van der Waals surface area (Å²) in [6.45, 7) is 20.6. The van der Waals surface area contributed by atoms with Crippen molar-refractivity contribution in [3.05, 3.63) is 17.8 Å². The van der Waals surface area contributed by atoms with Crippen molar-refractivity contribution in [1.82, 2.24) is 9.88 Å². The van der Waals surface area contributed by atoms with Gasteiger partial charge in [0.25, 0.3) is 0 Å². The van der Waals surface area contributed by atoms with Gasteiger partial charge in [-0.2, -0.15) is 0 Å². The van der Waals surface area contributed by atoms with E-state index < -0.39 is 8.32 Å². The second kappa shape index (κ2) is 9.56. The van der Waals surface area contributed by atoms with Gasteiger partial charge in [0.15, 0.2) is 19.9 Å². The van der Waals surface area contributed by atoms with Gasteiger partial charge < -0.3 is 19.2 Å². The second-order valence-corrected chi connectivity index (χ2v) is 14.2. The standard InChI is InChI=1S/C21H39N3O3Si/c1-17(2)23-10-12-24(13-11-23)20-19(9-8-18(16-25)22-20)26-14-15-27-28(6,7)21(3,4)5/h8-9,17,25H,10-16H2,1-7H3. The van der Waals surface area contributed by atoms with Crippen LogP contribution in [0.5, 0.6) is 5.75 Å². The van der Waals surface area contributed by atoms with Crippen LogP contribution in [0.1, 0.15) is 40.3 Å². The summed E-state index contributed by atoms with van der Waals surface area (Å²) in [5.41, 5.74) is 0.672. The van der Waals surface area contributed by atoms with Gasteiger partial charge in [0, 0.05) is 32.2 Å². The highest BCUT2D eigenvalue weighted by atomic mass is 28.4. The van der Waals surface area contributed by atoms with E-state index in [0.29, 0.717) is 24.9 Å². The van der Waals surface area contributed by atoms with E-state index in [4.69, 9.17) is 9.16 Å². The van der Waals surface area contributed by atoms with Crippen molar-refractivity contribution in [2.24, 2.45) is 0 Å². The molecule has 1 aliphatic rings. The Morgan fingerprint density at radius 1 is 1.11 bits per heavy atom. The number of nitrogens with zero attached hydrogens (tertiary/aromatic N) is 3. The van der Waals surface area contributed by atoms with Crippen LogP contribution in [-0.4, -0.2) is 68.7 Å². The Kier molecular flexibility index (Phi) is 7.90. The number of ether oxygens (including phenoxy) is 1. The first kappa shape index (κ1) is 23.1. The van der Waals surface area contributed by atoms with Crippen LogP contribution in [0.4, 0.5) is 5.82 Å². The molecule has 0 saturated carbocycles. The molecule has 28 heavy (non-hydrogen) atoms. The maximum atomic E-state index is 9.50. The van der Waals surface area contributed by atoms with E-state index >= 15 is 0 Å². The topological polar surface area (TPSA) is 58.1 Å². The molecule has 0 amide bonds. The number of aliphatic hydroxyl groups excluding tert-OH is 1. The summed E-state index contributed by atoms with van der Waals surface area (Å²) < 4.78 is 12.3. The highest BCUT2D eigenvalue weighted by molar-refractivity contribution is 6.74. The predicted molar refractivity (Wildman–Crippen MR) is 118 cm³/mol. The smallest absolute Gasteiger partial charge is 0.192 e. The summed E-state index contributed by atoms with van der Waals surface area (Å²) in [4.78, 5) is 9.39. The van der Waals surface area contributed by atoms with E-state index in [1.54, 1.807) is 0 Å². The summed E-state index contributed by atoms with van der Waals surface area (Å²) in [7, 11) is -1.77. The van der Waals surface area contributed by atoms with Crippen LogP contribution in [0.3, 0.4) is 0 Å². The molecule has 0 unspecified atom stereocenters. The number of hydrogen-bond donors (Lipinski definition) is 1. The van der Waals surface area contributed by atoms with Crippen molar-refractivity contribution in [1.29, 1.82) is 0 Å². The predicted octanol–water partition coefficient (Wildman–Crippen LogP) is 3.50. The number of hydrogen-bond acceptors (Lipinski definition) is 6. The van der Waals surface area contributed by atoms with Crippen LogP contribution in [0.15, 0.2) is 12.1 Å². The molecule has 6 nitrogen and oxygen atoms in total. The molecule has 0 aliphatic carbocycles. The minimum atomic E-state index is -1.77. The minimum absolute atomic E-state index is 0.0618. The van der Waals surface area contributed by atoms with E-state index in [9.17, 15) is 5.11 Å². The Morgan fingerprint density at radius 3 is 2.29 bits per heavy atom. The van der Waals surface area contributed by atoms with E-state index in [1.165, 1.54) is 0 Å². The molecule has 1 fully saturated rings. The molecule has 2 rings (SSSR count). The van der Waals surface area contributed by atoms with E-state index in [0.717, 1.165) is 37.7 Å². The average molecular weight is 410 g/mol. The van der Waals surface area contributed by atoms with Crippen molar-refractivity contribution >= 4 is 14.1 Å². The zero-order valence-corrected chi connectivity index (χ0v) is 19.8. The van der Waals surface area contributed by atoms with Crippen molar-refractivity contribution < 1.29 is 14.3 Å². The molecule has 2 heterocycles. The van der Waals surface area contributed by atoms with Crippen LogP contribution in [0.25, 0.3) is 0 Å². The molecule has 1 N–H and O–H groups in total. The normalized spacial score (nSPS) is 16.7. The Labute approximate surface area is 172 Å². The number of piperazine rings is 1. The lowest BCUT2D eigenvalue weighted by atomic mass is 10.2. The zero-order chi connectivity index (χ0) is 20.9. The fourth-order valence-corrected chi connectivity index (χ4v) is 4.04. The van der Waals surface area contributed by atoms with Gasteiger partial charge in [-0.05, 0) is 44.1 Å². The highest BCUT2D eigenvalue weighted by Crippen LogP contribution is 2.36. The molecular weight excluding hydrogens is 370 g/mol. The molecule has 1 aromatic heterocycles. The first-order valence-electron chi connectivity index (χ1n) is 10.4. The van der Waals surface area contributed by atoms with Crippen molar-refractivity contribution in [3.63, 3.8) is 0 Å². The van der Waals surface area contributed by atoms with Crippen molar-refractivity contribution in [2.75, 3.05) is 44.3 Å². The third-order valence-corrected chi connectivity index (χ3v) is 10.6. The lowest BCUT2D eigenvalue weighted by Gasteiger charge is -2.38. The fraction of sp³-hybridized carbons (Fsp3) is 0.762. The number of aromatic nitrogens is 1. The quantitative estimate of drug-likeness (QED) is 0.524. The largest absolute Gasteiger partial charge is 0.487 e. The van der Waals surface area contributed by atoms with Crippen LogP contribution in [0.2, 0.25) is 18.1 Å². The van der Waals surface area contributed by atoms with E-state index in [-0.39, 0.29) is 11.6 Å². The van der Waals surface area contributed by atoms with Gasteiger partial charge in [-0.1, -0.05) is 20.8 Å². The SMILES string of the molecule is CC(C)N1CCN(c2nc(CO)ccc2OCCO[Si](C)(C)C(C)(C)C)CC1. The zero-order valence-electron chi connectivity index (χ0n) is 18.8. The summed E-state index contributed by atoms with van der Waals surface area (Å²) in [5, 5.41) is 9.69. The van der Waals surface area contributed by atoms with Gasteiger partial charge >= 0.3 is 0 Å². The van der Waals surface area contributed by atoms with Gasteiger partial charge in [-0.3, -0.25) is 4.90 Å². The molecule has 0 atom stereocenters. The molecule has 1 saturated heterocycles. The first-order chi connectivity index (χ1) is 13.0. The first-order valence-corrected chi connectivity index (χ1v) is 13.3. The highest BCUT2D eigenvalue weighted by Gasteiger charge is 2.37. The summed E-state index contributed by atoms with van der Waals surface area (Å²) in [6, 6.07) is 4.31. The van der Waals surface area contributed by atoms with Crippen LogP contribution in [0, 0.1) is 0 Å². The summed E-state index contributed by atoms with van der Waals surface area (Å²) in [5.74, 6) is 1.61. The molecular formula is C21H39N3O3Si. The molecule has 0 bridgehead atoms. The number of aliphatic hydroxyl groups is 1. The summed E-state index contributed by atoms with van der Waals surface area (Å²) >= 11 is 0. The number of anilines is 1. The molecule has 1 aromatic rings. The molecule has 7 heteroatoms. The van der Waals surface area contributed by atoms with Crippen LogP contribution >= 0.6 is 0 Å². The fourth-order valence-electron chi connectivity index (χ4n) is 3.02. The summed E-state index contributed by atoms with van der Waals surface area (Å²) in [6.07, 6.45) is 0. The molecule has 0 radical (unpaired) electrons. The van der Waals surface area contributed by atoms with Gasteiger partial charge in [0.2, 0.25) is 0 Å². The lowest BCUT2D eigenvalue weighted by Crippen LogP contribution is -2.49. The maximum Gasteiger partial charge on any atom is 0.192 e. The average Bonchev–Trinajstić information content (AvgIpc) is 2.64. The number of rotatable bonds is 8. The lowest BCUT2D eigenvalue weighted by molar-refractivity contribution is 0.198. The third-order valence-electron chi connectivity index (χ3n) is 6.01. The van der Waals surface area contributed by atoms with Crippen LogP contribution in [-0.2, 0) is 11.0 Å². The third kappa shape index (κ3) is 5.92. The number of pyridine rings is 1. The van der Waals surface area contributed by atoms with E-state index in [1.807, 2.05) is 12.1 Å². The Bertz CT molecular complexity index is 624. The Morgan fingerprint density at radius 2 is 1.75 bits per heavy atom. The minimum Gasteiger partial charge on any atom is -0.487 e. The van der Waals surface area contributed by atoms with Crippen molar-refractivity contribution in [3.8, 4) is 5.75 Å². The van der Waals surface area contributed by atoms with E-state index in [2.05, 4.69) is 62.5 Å². The van der Waals surface area contributed by atoms with Gasteiger partial charge in [-0.25, -0.2) is 4.98 Å². The van der Waals surface area contributed by atoms with Crippen molar-refractivity contribution in [2.45, 2.75) is 65.4 Å². The second-order valence-electron chi connectivity index (χ2n) is 9.36. The van der Waals surface area contributed by atoms with Gasteiger partial charge in [0.1, 0.15) is 6.61 Å². The Hall–Kier alpha value is -1.15. The molecule has 1 aliphatic heterocycles. The maximum absolute atomic E-state index is 9.50. The van der Waals surface area contributed by atoms with Gasteiger partial charge in [0.05, 0.1) is 18.9 Å². The molecule has 160 valence electrons. The molecule has 0 spiro atoms. The monoisotopic (exact) mass is 409 g/mol.